The van der Waals surface area contributed by atoms with Gasteiger partial charge in [0.1, 0.15) is 5.38 Å². The quantitative estimate of drug-likeness (QED) is 0.757. The van der Waals surface area contributed by atoms with Crippen molar-refractivity contribution in [3.05, 3.63) is 0 Å². The number of halogens is 1. The van der Waals surface area contributed by atoms with Gasteiger partial charge in [0.2, 0.25) is 5.91 Å². The molecule has 0 aromatic carbocycles. The number of alkyl halides is 1. The van der Waals surface area contributed by atoms with Crippen molar-refractivity contribution in [2.75, 3.05) is 26.7 Å². The van der Waals surface area contributed by atoms with Crippen molar-refractivity contribution < 1.29 is 9.59 Å². The molecule has 1 saturated heterocycles. The average Bonchev–Trinajstić information content (AvgIpc) is 2.31. The van der Waals surface area contributed by atoms with Gasteiger partial charge in [-0.05, 0) is 52.2 Å². The number of nitrogens with one attached hydrogen (secondary N) is 2. The van der Waals surface area contributed by atoms with Gasteiger partial charge in [-0.2, -0.15) is 0 Å². The molecule has 0 aromatic rings. The van der Waals surface area contributed by atoms with Crippen LogP contribution in [0.25, 0.3) is 0 Å². The molecule has 18 heavy (non-hydrogen) atoms. The molecular formula is C12H22ClN3O2. The van der Waals surface area contributed by atoms with Gasteiger partial charge in [0, 0.05) is 6.54 Å². The fourth-order valence-corrected chi connectivity index (χ4v) is 2.05. The van der Waals surface area contributed by atoms with E-state index < -0.39 is 17.3 Å². The predicted molar refractivity (Wildman–Crippen MR) is 71.7 cm³/mol. The molecule has 1 fully saturated rings. The van der Waals surface area contributed by atoms with E-state index in [1.165, 1.54) is 19.8 Å². The minimum absolute atomic E-state index is 0.458. The molecule has 0 bridgehead atoms. The topological polar surface area (TPSA) is 61.4 Å². The van der Waals surface area contributed by atoms with Crippen molar-refractivity contribution >= 4 is 23.5 Å². The Kier molecular flexibility index (Phi) is 6.43. The third kappa shape index (κ3) is 5.69. The molecule has 3 amide bonds. The maximum absolute atomic E-state index is 11.3. The zero-order chi connectivity index (χ0) is 13.5. The first-order chi connectivity index (χ1) is 8.49. The van der Waals surface area contributed by atoms with E-state index >= 15 is 0 Å². The van der Waals surface area contributed by atoms with Crippen LogP contribution in [-0.2, 0) is 4.79 Å². The molecule has 1 aliphatic heterocycles. The Labute approximate surface area is 113 Å². The number of piperidine rings is 1. The van der Waals surface area contributed by atoms with Gasteiger partial charge in [0.05, 0.1) is 0 Å². The largest absolute Gasteiger partial charge is 0.338 e. The normalized spacial score (nSPS) is 19.3. The van der Waals surface area contributed by atoms with Crippen LogP contribution in [0.5, 0.6) is 0 Å². The number of hydrogen-bond donors (Lipinski definition) is 2. The summed E-state index contributed by atoms with van der Waals surface area (Å²) in [5, 5.41) is 4.19. The molecule has 0 radical (unpaired) electrons. The highest BCUT2D eigenvalue weighted by atomic mass is 35.5. The van der Waals surface area contributed by atoms with Gasteiger partial charge in [-0.3, -0.25) is 10.1 Å². The third-order valence-electron chi connectivity index (χ3n) is 3.27. The Hall–Kier alpha value is -0.810. The molecule has 1 aliphatic rings. The Morgan fingerprint density at radius 3 is 2.56 bits per heavy atom. The summed E-state index contributed by atoms with van der Waals surface area (Å²) in [6.45, 7) is 4.38. The Morgan fingerprint density at radius 2 is 2.00 bits per heavy atom. The van der Waals surface area contributed by atoms with E-state index in [0.29, 0.717) is 12.5 Å². The molecule has 0 aromatic heterocycles. The van der Waals surface area contributed by atoms with Crippen LogP contribution in [0.2, 0.25) is 0 Å². The van der Waals surface area contributed by atoms with Crippen LogP contribution in [0.3, 0.4) is 0 Å². The first kappa shape index (κ1) is 15.2. The number of carbonyl (C=O) groups is 2. The van der Waals surface area contributed by atoms with E-state index in [-0.39, 0.29) is 0 Å². The zero-order valence-electron chi connectivity index (χ0n) is 11.0. The van der Waals surface area contributed by atoms with E-state index in [2.05, 4.69) is 22.6 Å². The fraction of sp³-hybridized carbons (Fsp3) is 0.833. The highest BCUT2D eigenvalue weighted by molar-refractivity contribution is 6.31. The van der Waals surface area contributed by atoms with E-state index in [4.69, 9.17) is 11.6 Å². The average molecular weight is 276 g/mol. The Morgan fingerprint density at radius 1 is 1.39 bits per heavy atom. The maximum Gasteiger partial charge on any atom is 0.321 e. The molecule has 0 spiro atoms. The highest BCUT2D eigenvalue weighted by Gasteiger charge is 2.17. The molecule has 6 heteroatoms. The lowest BCUT2D eigenvalue weighted by molar-refractivity contribution is -0.119. The first-order valence-corrected chi connectivity index (χ1v) is 6.84. The minimum Gasteiger partial charge on any atom is -0.338 e. The van der Waals surface area contributed by atoms with Crippen molar-refractivity contribution in [3.63, 3.8) is 0 Å². The summed E-state index contributed by atoms with van der Waals surface area (Å²) in [5.74, 6) is 0.206. The van der Waals surface area contributed by atoms with Crippen LogP contribution in [0.15, 0.2) is 0 Å². The van der Waals surface area contributed by atoms with E-state index in [0.717, 1.165) is 19.5 Å². The molecule has 0 saturated carbocycles. The lowest BCUT2D eigenvalue weighted by Crippen LogP contribution is -2.43. The molecule has 1 atom stereocenters. The zero-order valence-corrected chi connectivity index (χ0v) is 11.8. The third-order valence-corrected chi connectivity index (χ3v) is 3.47. The molecule has 0 aliphatic carbocycles. The van der Waals surface area contributed by atoms with Gasteiger partial charge in [0.15, 0.2) is 0 Å². The second kappa shape index (κ2) is 7.59. The SMILES string of the molecule is CC(Cl)C(=O)NC(=O)NCCC1CCN(C)CC1. The van der Waals surface area contributed by atoms with Crippen molar-refractivity contribution in [2.45, 2.75) is 31.6 Å². The fourth-order valence-electron chi connectivity index (χ4n) is 2.00. The number of rotatable bonds is 4. The molecular weight excluding hydrogens is 254 g/mol. The van der Waals surface area contributed by atoms with Crippen molar-refractivity contribution in [2.24, 2.45) is 5.92 Å². The van der Waals surface area contributed by atoms with Crippen LogP contribution >= 0.6 is 11.6 Å². The Bertz CT molecular complexity index is 289. The van der Waals surface area contributed by atoms with Gasteiger partial charge in [-0.1, -0.05) is 0 Å². The lowest BCUT2D eigenvalue weighted by atomic mass is 9.94. The smallest absolute Gasteiger partial charge is 0.321 e. The maximum atomic E-state index is 11.3. The van der Waals surface area contributed by atoms with Crippen molar-refractivity contribution in [1.82, 2.24) is 15.5 Å². The summed E-state index contributed by atoms with van der Waals surface area (Å²) >= 11 is 5.55. The highest BCUT2D eigenvalue weighted by Crippen LogP contribution is 2.18. The molecule has 1 heterocycles. The summed E-state index contributed by atoms with van der Waals surface area (Å²) in [6, 6.07) is -0.458. The number of likely N-dealkylation sites (tertiary alicyclic amines) is 1. The lowest BCUT2D eigenvalue weighted by Gasteiger charge is -2.28. The van der Waals surface area contributed by atoms with Crippen LogP contribution in [0.4, 0.5) is 4.79 Å². The second-order valence-electron chi connectivity index (χ2n) is 4.90. The molecule has 104 valence electrons. The van der Waals surface area contributed by atoms with Crippen molar-refractivity contribution in [1.29, 1.82) is 0 Å². The minimum atomic E-state index is -0.690. The summed E-state index contributed by atoms with van der Waals surface area (Å²) in [5.41, 5.74) is 0. The van der Waals surface area contributed by atoms with Gasteiger partial charge in [-0.25, -0.2) is 4.79 Å². The predicted octanol–water partition coefficient (Wildman–Crippen LogP) is 1.17. The van der Waals surface area contributed by atoms with Gasteiger partial charge in [-0.15, -0.1) is 11.6 Å². The van der Waals surface area contributed by atoms with Crippen LogP contribution in [0.1, 0.15) is 26.2 Å². The number of imide groups is 1. The Balaban J connectivity index is 2.10. The number of urea groups is 1. The number of nitrogens with zero attached hydrogens (tertiary/aromatic N) is 1. The number of hydrogen-bond acceptors (Lipinski definition) is 3. The van der Waals surface area contributed by atoms with Gasteiger partial charge < -0.3 is 10.2 Å². The van der Waals surface area contributed by atoms with Crippen molar-refractivity contribution in [3.8, 4) is 0 Å². The van der Waals surface area contributed by atoms with E-state index in [1.807, 2.05) is 0 Å². The number of carbonyl (C=O) groups excluding carboxylic acids is 2. The molecule has 2 N–H and O–H groups in total. The summed E-state index contributed by atoms with van der Waals surface area (Å²) < 4.78 is 0. The van der Waals surface area contributed by atoms with Gasteiger partial charge >= 0.3 is 6.03 Å². The monoisotopic (exact) mass is 275 g/mol. The molecule has 1 rings (SSSR count). The second-order valence-corrected chi connectivity index (χ2v) is 5.55. The summed E-state index contributed by atoms with van der Waals surface area (Å²) in [7, 11) is 2.13. The van der Waals surface area contributed by atoms with E-state index in [9.17, 15) is 9.59 Å². The van der Waals surface area contributed by atoms with E-state index in [1.54, 1.807) is 0 Å². The summed E-state index contributed by atoms with van der Waals surface area (Å²) in [6.07, 6.45) is 3.32. The van der Waals surface area contributed by atoms with Crippen LogP contribution < -0.4 is 10.6 Å². The first-order valence-electron chi connectivity index (χ1n) is 6.40. The van der Waals surface area contributed by atoms with Crippen LogP contribution in [0, 0.1) is 5.92 Å². The standard InChI is InChI=1S/C12H22ClN3O2/c1-9(13)11(17)15-12(18)14-6-3-10-4-7-16(2)8-5-10/h9-10H,3-8H2,1-2H3,(H2,14,15,17,18). The molecule has 1 unspecified atom stereocenters. The number of amides is 3. The van der Waals surface area contributed by atoms with Gasteiger partial charge in [0.25, 0.3) is 0 Å². The molecule has 5 nitrogen and oxygen atoms in total. The van der Waals surface area contributed by atoms with Crippen LogP contribution in [-0.4, -0.2) is 48.9 Å². The summed E-state index contributed by atoms with van der Waals surface area (Å²) in [4.78, 5) is 24.8.